The van der Waals surface area contributed by atoms with Crippen molar-refractivity contribution >= 4 is 40.7 Å². The molecule has 14 nitrogen and oxygen atoms in total. The number of carbonyl (C=O) groups is 5. The molecule has 2 aliphatic rings. The number of hydrogen-bond acceptors (Lipinski definition) is 9. The molecule has 2 atom stereocenters. The Morgan fingerprint density at radius 1 is 1.05 bits per heavy atom. The number of carboxylic acid groups (broad SMARTS) is 1. The number of rotatable bonds is 11. The number of methoxy groups -OCH3 is 1. The third kappa shape index (κ3) is 8.09. The molecule has 2 N–H and O–H groups in total. The van der Waals surface area contributed by atoms with Crippen LogP contribution in [0.3, 0.4) is 0 Å². The Kier molecular flexibility index (Phi) is 10.7. The van der Waals surface area contributed by atoms with Gasteiger partial charge in [-0.2, -0.15) is 0 Å². The maximum Gasteiger partial charge on any atom is 0.409 e. The van der Waals surface area contributed by atoms with Crippen molar-refractivity contribution in [3.05, 3.63) is 36.0 Å². The molecule has 232 valence electrons. The summed E-state index contributed by atoms with van der Waals surface area (Å²) in [5, 5.41) is 12.5. The number of benzene rings is 1. The molecule has 0 spiro atoms. The number of fused-ring (bicyclic) bond motifs is 1. The molecule has 1 aromatic carbocycles. The molecular weight excluding hydrogens is 562 g/mol. The van der Waals surface area contributed by atoms with Crippen molar-refractivity contribution in [3.63, 3.8) is 0 Å². The lowest BCUT2D eigenvalue weighted by atomic mass is 10.1. The van der Waals surface area contributed by atoms with Gasteiger partial charge < -0.3 is 39.3 Å². The molecule has 2 saturated heterocycles. The summed E-state index contributed by atoms with van der Waals surface area (Å²) in [4.78, 5) is 72.0. The number of aliphatic carboxylic acids is 1. The summed E-state index contributed by atoms with van der Waals surface area (Å²) in [6.45, 7) is 3.65. The van der Waals surface area contributed by atoms with Crippen LogP contribution in [-0.4, -0.2) is 126 Å². The summed E-state index contributed by atoms with van der Waals surface area (Å²) < 4.78 is 16.2. The second-order valence-electron chi connectivity index (χ2n) is 10.3. The van der Waals surface area contributed by atoms with Gasteiger partial charge in [-0.25, -0.2) is 9.78 Å². The van der Waals surface area contributed by atoms with Crippen LogP contribution in [0.5, 0.6) is 5.75 Å². The minimum atomic E-state index is -1.14. The van der Waals surface area contributed by atoms with Crippen LogP contribution in [0.15, 0.2) is 30.3 Å². The van der Waals surface area contributed by atoms with Gasteiger partial charge in [0.25, 0.3) is 11.8 Å². The van der Waals surface area contributed by atoms with E-state index in [9.17, 15) is 29.1 Å². The predicted molar refractivity (Wildman–Crippen MR) is 153 cm³/mol. The first-order valence-corrected chi connectivity index (χ1v) is 14.3. The van der Waals surface area contributed by atoms with Gasteiger partial charge in [0.05, 0.1) is 18.2 Å². The molecule has 4 amide bonds. The largest absolute Gasteiger partial charge is 0.483 e. The Morgan fingerprint density at radius 3 is 2.44 bits per heavy atom. The quantitative estimate of drug-likeness (QED) is 0.382. The number of ether oxygens (including phenoxy) is 3. The molecule has 2 aliphatic heterocycles. The molecule has 14 heteroatoms. The summed E-state index contributed by atoms with van der Waals surface area (Å²) >= 11 is 0. The molecule has 43 heavy (non-hydrogen) atoms. The molecule has 2 unspecified atom stereocenters. The maximum atomic E-state index is 13.4. The summed E-state index contributed by atoms with van der Waals surface area (Å²) in [6.07, 6.45) is -0.220. The first-order chi connectivity index (χ1) is 20.7. The van der Waals surface area contributed by atoms with Gasteiger partial charge in [0, 0.05) is 64.3 Å². The number of nitrogens with one attached hydrogen (secondary N) is 1. The highest BCUT2D eigenvalue weighted by atomic mass is 16.6. The number of pyridine rings is 1. The van der Waals surface area contributed by atoms with Crippen LogP contribution in [-0.2, 0) is 23.9 Å². The van der Waals surface area contributed by atoms with Gasteiger partial charge in [-0.1, -0.05) is 12.1 Å². The van der Waals surface area contributed by atoms with E-state index in [1.165, 1.54) is 15.9 Å². The van der Waals surface area contributed by atoms with E-state index in [2.05, 4.69) is 10.3 Å². The monoisotopic (exact) mass is 599 g/mol. The third-order valence-corrected chi connectivity index (χ3v) is 7.46. The van der Waals surface area contributed by atoms with Crippen molar-refractivity contribution < 1.29 is 43.3 Å². The highest BCUT2D eigenvalue weighted by Crippen LogP contribution is 2.26. The second kappa shape index (κ2) is 14.6. The molecule has 2 aromatic rings. The molecule has 3 heterocycles. The van der Waals surface area contributed by atoms with E-state index in [0.717, 1.165) is 6.42 Å². The lowest BCUT2D eigenvalue weighted by Crippen LogP contribution is -2.56. The smallest absolute Gasteiger partial charge is 0.409 e. The number of carboxylic acids is 1. The Labute approximate surface area is 248 Å². The van der Waals surface area contributed by atoms with Gasteiger partial charge in [-0.3, -0.25) is 19.2 Å². The van der Waals surface area contributed by atoms with Crippen molar-refractivity contribution in [1.29, 1.82) is 0 Å². The number of nitrogens with zero attached hydrogens (tertiary/aromatic N) is 4. The van der Waals surface area contributed by atoms with Gasteiger partial charge in [0.1, 0.15) is 17.5 Å². The van der Waals surface area contributed by atoms with E-state index in [1.807, 2.05) is 0 Å². The van der Waals surface area contributed by atoms with E-state index in [0.29, 0.717) is 24.0 Å². The zero-order chi connectivity index (χ0) is 30.9. The molecule has 1 aromatic heterocycles. The Hall–Kier alpha value is -4.46. The van der Waals surface area contributed by atoms with E-state index >= 15 is 0 Å². The molecule has 4 rings (SSSR count). The van der Waals surface area contributed by atoms with Crippen molar-refractivity contribution in [2.75, 3.05) is 59.6 Å². The molecule has 0 bridgehead atoms. The second-order valence-corrected chi connectivity index (χ2v) is 10.3. The summed E-state index contributed by atoms with van der Waals surface area (Å²) in [6, 6.07) is 7.25. The molecule has 0 aliphatic carbocycles. The summed E-state index contributed by atoms with van der Waals surface area (Å²) in [5.74, 6) is -2.21. The Balaban J connectivity index is 1.47. The van der Waals surface area contributed by atoms with Crippen LogP contribution in [0.25, 0.3) is 10.9 Å². The molecule has 0 radical (unpaired) electrons. The Bertz CT molecular complexity index is 1340. The van der Waals surface area contributed by atoms with E-state index in [4.69, 9.17) is 14.2 Å². The fraction of sp³-hybridized carbons (Fsp3) is 0.517. The first-order valence-electron chi connectivity index (χ1n) is 14.3. The van der Waals surface area contributed by atoms with Crippen LogP contribution in [0, 0.1) is 0 Å². The SMILES string of the molecule is CCOC(=O)N1CCN(C(=O)C(CCC(=O)O)NC(=O)c2cc(OCC(=O)N3CCC(OC)C3)c3ccccc3n2)CC1. The van der Waals surface area contributed by atoms with E-state index < -0.39 is 29.9 Å². The lowest BCUT2D eigenvalue weighted by Gasteiger charge is -2.35. The topological polar surface area (TPSA) is 168 Å². The average molecular weight is 600 g/mol. The third-order valence-electron chi connectivity index (χ3n) is 7.46. The number of hydrogen-bond donors (Lipinski definition) is 2. The van der Waals surface area contributed by atoms with Crippen LogP contribution in [0.4, 0.5) is 4.79 Å². The zero-order valence-corrected chi connectivity index (χ0v) is 24.3. The van der Waals surface area contributed by atoms with Crippen molar-refractivity contribution in [1.82, 2.24) is 25.0 Å². The van der Waals surface area contributed by atoms with Crippen LogP contribution >= 0.6 is 0 Å². The predicted octanol–water partition coefficient (Wildman–Crippen LogP) is 1.12. The number of aromatic nitrogens is 1. The zero-order valence-electron chi connectivity index (χ0n) is 24.3. The maximum absolute atomic E-state index is 13.4. The van der Waals surface area contributed by atoms with Gasteiger partial charge in [-0.15, -0.1) is 0 Å². The minimum absolute atomic E-state index is 0.0146. The van der Waals surface area contributed by atoms with Crippen molar-refractivity contribution in [3.8, 4) is 5.75 Å². The number of carbonyl (C=O) groups excluding carboxylic acids is 4. The van der Waals surface area contributed by atoms with Gasteiger partial charge in [0.15, 0.2) is 6.61 Å². The van der Waals surface area contributed by atoms with Gasteiger partial charge in [0.2, 0.25) is 5.91 Å². The molecular formula is C29H37N5O9. The fourth-order valence-electron chi connectivity index (χ4n) is 5.06. The molecule has 0 saturated carbocycles. The van der Waals surface area contributed by atoms with Crippen LogP contribution in [0.2, 0.25) is 0 Å². The minimum Gasteiger partial charge on any atom is -0.483 e. The van der Waals surface area contributed by atoms with Crippen molar-refractivity contribution in [2.24, 2.45) is 0 Å². The van der Waals surface area contributed by atoms with E-state index in [-0.39, 0.29) is 75.7 Å². The number of likely N-dealkylation sites (tertiary alicyclic amines) is 1. The van der Waals surface area contributed by atoms with Crippen LogP contribution in [0.1, 0.15) is 36.7 Å². The van der Waals surface area contributed by atoms with Crippen molar-refractivity contribution in [2.45, 2.75) is 38.3 Å². The highest BCUT2D eigenvalue weighted by molar-refractivity contribution is 5.99. The fourth-order valence-corrected chi connectivity index (χ4v) is 5.06. The first kappa shape index (κ1) is 31.5. The van der Waals surface area contributed by atoms with Crippen LogP contribution < -0.4 is 10.1 Å². The average Bonchev–Trinajstić information content (AvgIpc) is 3.51. The Morgan fingerprint density at radius 2 is 1.77 bits per heavy atom. The summed E-state index contributed by atoms with van der Waals surface area (Å²) in [5.41, 5.74) is 0.392. The number of amides is 4. The standard InChI is InChI=1S/C29H37N5O9/c1-3-42-29(40)33-14-12-32(13-15-33)28(39)22(8-9-26(36)37)31-27(38)23-16-24(20-6-4-5-7-21(20)30-23)43-18-25(35)34-11-10-19(17-34)41-2/h4-7,16,19,22H,3,8-15,17-18H2,1-2H3,(H,31,38)(H,36,37). The summed E-state index contributed by atoms with van der Waals surface area (Å²) in [7, 11) is 1.61. The number of piperazine rings is 1. The van der Waals surface area contributed by atoms with Gasteiger partial charge in [-0.05, 0) is 31.9 Å². The lowest BCUT2D eigenvalue weighted by molar-refractivity contribution is -0.138. The molecule has 2 fully saturated rings. The highest BCUT2D eigenvalue weighted by Gasteiger charge is 2.31. The van der Waals surface area contributed by atoms with Gasteiger partial charge >= 0.3 is 12.1 Å². The van der Waals surface area contributed by atoms with E-state index in [1.54, 1.807) is 43.2 Å². The normalized spacial score (nSPS) is 17.4. The number of para-hydroxylation sites is 1.